The predicted molar refractivity (Wildman–Crippen MR) is 90.9 cm³/mol. The van der Waals surface area contributed by atoms with Crippen LogP contribution in [0.5, 0.6) is 5.75 Å². The standard InChI is InChI=1S/C19H21F2N2O2/c1-13-11-17(22-9-7-15(24)8-10-22)18-12-23(13,18)14-3-5-16(6-4-14)25-19(2,20)21/h3-6,11H,7-10,12H2,1-2H3/q+1. The second-order valence-electron chi connectivity index (χ2n) is 7.02. The Labute approximate surface area is 145 Å². The molecule has 0 spiro atoms. The van der Waals surface area contributed by atoms with E-state index in [-0.39, 0.29) is 5.75 Å². The number of rotatable bonds is 4. The lowest BCUT2D eigenvalue weighted by molar-refractivity contribution is -0.158. The number of alkyl halides is 2. The maximum Gasteiger partial charge on any atom is 0.394 e. The van der Waals surface area contributed by atoms with Crippen LogP contribution >= 0.6 is 0 Å². The molecule has 0 radical (unpaired) electrons. The molecule has 1 aromatic rings. The van der Waals surface area contributed by atoms with Gasteiger partial charge in [-0.3, -0.25) is 4.79 Å². The lowest BCUT2D eigenvalue weighted by atomic mass is 10.1. The molecule has 1 aromatic carbocycles. The number of carbonyl (C=O) groups excluding carboxylic acids is 1. The summed E-state index contributed by atoms with van der Waals surface area (Å²) in [6.07, 6.45) is 0.239. The number of Topliss-reactive ketones (excluding diaryl/α,β-unsaturated/α-hetero) is 1. The van der Waals surface area contributed by atoms with Gasteiger partial charge in [-0.1, -0.05) is 0 Å². The zero-order valence-electron chi connectivity index (χ0n) is 14.4. The van der Waals surface area contributed by atoms with Crippen molar-refractivity contribution in [2.24, 2.45) is 0 Å². The lowest BCUT2D eigenvalue weighted by Crippen LogP contribution is -2.32. The van der Waals surface area contributed by atoms with Crippen LogP contribution < -0.4 is 9.22 Å². The molecule has 0 amide bonds. The number of piperidine rings is 1. The monoisotopic (exact) mass is 347 g/mol. The van der Waals surface area contributed by atoms with Crippen LogP contribution in [-0.4, -0.2) is 36.4 Å². The fourth-order valence-corrected chi connectivity index (χ4v) is 3.89. The molecule has 0 aliphatic carbocycles. The molecule has 132 valence electrons. The minimum absolute atomic E-state index is 0.164. The van der Waals surface area contributed by atoms with Crippen molar-refractivity contribution in [3.8, 4) is 5.75 Å². The molecule has 1 unspecified atom stereocenters. The van der Waals surface area contributed by atoms with Gasteiger partial charge in [-0.2, -0.15) is 8.78 Å². The average Bonchev–Trinajstić information content (AvgIpc) is 3.23. The molecule has 2 fully saturated rings. The van der Waals surface area contributed by atoms with Gasteiger partial charge < -0.3 is 9.64 Å². The topological polar surface area (TPSA) is 29.5 Å². The summed E-state index contributed by atoms with van der Waals surface area (Å²) in [4.78, 5) is 13.8. The fourth-order valence-electron chi connectivity index (χ4n) is 3.89. The number of quaternary nitrogens is 1. The second-order valence-corrected chi connectivity index (χ2v) is 7.02. The first-order valence-corrected chi connectivity index (χ1v) is 8.54. The number of hydrogen-bond donors (Lipinski definition) is 0. The molecular formula is C19H21F2N2O2+. The maximum atomic E-state index is 13.0. The fraction of sp³-hybridized carbons (Fsp3) is 0.421. The Hall–Kier alpha value is -2.21. The smallest absolute Gasteiger partial charge is 0.394 e. The third-order valence-electron chi connectivity index (χ3n) is 5.22. The molecule has 1 atom stereocenters. The zero-order valence-corrected chi connectivity index (χ0v) is 14.4. The Morgan fingerprint density at radius 3 is 2.36 bits per heavy atom. The van der Waals surface area contributed by atoms with Gasteiger partial charge in [-0.15, -0.1) is 0 Å². The Morgan fingerprint density at radius 1 is 1.16 bits per heavy atom. The van der Waals surface area contributed by atoms with Crippen molar-refractivity contribution in [1.82, 2.24) is 9.38 Å². The highest BCUT2D eigenvalue weighted by Crippen LogP contribution is 2.53. The van der Waals surface area contributed by atoms with E-state index in [2.05, 4.69) is 22.6 Å². The Bertz CT molecular complexity index is 783. The summed E-state index contributed by atoms with van der Waals surface area (Å²) in [5, 5.41) is 0. The molecule has 0 N–H and O–H groups in total. The van der Waals surface area contributed by atoms with E-state index in [0.29, 0.717) is 23.1 Å². The number of ether oxygens (including phenoxy) is 1. The summed E-state index contributed by atoms with van der Waals surface area (Å²) in [6.45, 7) is 5.29. The molecule has 4 nitrogen and oxygen atoms in total. The number of nitrogens with zero attached hydrogens (tertiary/aromatic N) is 2. The number of halogens is 2. The van der Waals surface area contributed by atoms with Gasteiger partial charge in [-0.05, 0) is 12.1 Å². The summed E-state index contributed by atoms with van der Waals surface area (Å²) >= 11 is 0. The van der Waals surface area contributed by atoms with E-state index in [1.807, 2.05) is 12.1 Å². The highest BCUT2D eigenvalue weighted by atomic mass is 19.3. The van der Waals surface area contributed by atoms with E-state index in [0.717, 1.165) is 32.2 Å². The van der Waals surface area contributed by atoms with Crippen LogP contribution in [0.3, 0.4) is 0 Å². The van der Waals surface area contributed by atoms with Crippen LogP contribution in [0.4, 0.5) is 14.5 Å². The summed E-state index contributed by atoms with van der Waals surface area (Å²) < 4.78 is 31.2. The predicted octanol–water partition coefficient (Wildman–Crippen LogP) is 3.79. The number of fused-ring (bicyclic) bond motifs is 1. The van der Waals surface area contributed by atoms with Gasteiger partial charge in [0.25, 0.3) is 0 Å². The second kappa shape index (κ2) is 5.39. The maximum absolute atomic E-state index is 13.0. The van der Waals surface area contributed by atoms with Crippen molar-refractivity contribution in [1.29, 1.82) is 0 Å². The molecule has 3 heterocycles. The largest absolute Gasteiger partial charge is 0.433 e. The molecule has 0 bridgehead atoms. The van der Waals surface area contributed by atoms with Gasteiger partial charge in [-0.25, -0.2) is 4.48 Å². The Morgan fingerprint density at radius 2 is 1.80 bits per heavy atom. The third-order valence-corrected chi connectivity index (χ3v) is 5.22. The van der Waals surface area contributed by atoms with Gasteiger partial charge in [0.1, 0.15) is 28.6 Å². The van der Waals surface area contributed by atoms with E-state index in [1.54, 1.807) is 12.1 Å². The van der Waals surface area contributed by atoms with Crippen LogP contribution in [0.25, 0.3) is 0 Å². The molecule has 3 aliphatic heterocycles. The number of ketones is 1. The number of benzene rings is 1. The quantitative estimate of drug-likeness (QED) is 0.613. The molecule has 25 heavy (non-hydrogen) atoms. The average molecular weight is 347 g/mol. The van der Waals surface area contributed by atoms with Gasteiger partial charge in [0, 0.05) is 58.0 Å². The van der Waals surface area contributed by atoms with E-state index in [1.165, 1.54) is 17.1 Å². The lowest BCUT2D eigenvalue weighted by Gasteiger charge is -2.26. The van der Waals surface area contributed by atoms with Crippen molar-refractivity contribution in [2.45, 2.75) is 32.8 Å². The van der Waals surface area contributed by atoms with E-state index >= 15 is 0 Å². The van der Waals surface area contributed by atoms with E-state index in [4.69, 9.17) is 0 Å². The minimum atomic E-state index is -3.18. The Balaban J connectivity index is 1.58. The van der Waals surface area contributed by atoms with Crippen molar-refractivity contribution in [3.05, 3.63) is 47.4 Å². The summed E-state index contributed by atoms with van der Waals surface area (Å²) in [7, 11) is 0. The highest BCUT2D eigenvalue weighted by Gasteiger charge is 2.60. The summed E-state index contributed by atoms with van der Waals surface area (Å²) in [5.74, 6) is 0.498. The van der Waals surface area contributed by atoms with Crippen molar-refractivity contribution in [3.63, 3.8) is 0 Å². The molecular weight excluding hydrogens is 326 g/mol. The van der Waals surface area contributed by atoms with Crippen LogP contribution in [-0.2, 0) is 4.79 Å². The van der Waals surface area contributed by atoms with Crippen molar-refractivity contribution in [2.75, 3.05) is 19.6 Å². The zero-order chi connectivity index (χ0) is 17.8. The highest BCUT2D eigenvalue weighted by molar-refractivity contribution is 5.79. The van der Waals surface area contributed by atoms with Crippen LogP contribution in [0.2, 0.25) is 0 Å². The number of carbonyl (C=O) groups is 1. The SMILES string of the molecule is CC1=CC(N2CCC(=O)CC2)=C2C[N+]12c1ccc(OC(C)(F)F)cc1. The van der Waals surface area contributed by atoms with Crippen molar-refractivity contribution < 1.29 is 18.3 Å². The first-order chi connectivity index (χ1) is 11.8. The molecule has 0 aromatic heterocycles. The molecule has 3 aliphatic rings. The first-order valence-electron chi connectivity index (χ1n) is 8.54. The van der Waals surface area contributed by atoms with Crippen LogP contribution in [0.1, 0.15) is 26.7 Å². The molecule has 4 rings (SSSR count). The van der Waals surface area contributed by atoms with Gasteiger partial charge in [0.15, 0.2) is 12.2 Å². The van der Waals surface area contributed by atoms with E-state index in [9.17, 15) is 13.6 Å². The van der Waals surface area contributed by atoms with Gasteiger partial charge >= 0.3 is 6.11 Å². The van der Waals surface area contributed by atoms with Gasteiger partial charge in [0.2, 0.25) is 0 Å². The number of likely N-dealkylation sites (tertiary alicyclic amines) is 1. The summed E-state index contributed by atoms with van der Waals surface area (Å²) in [5.41, 5.74) is 4.82. The molecule has 6 heteroatoms. The first kappa shape index (κ1) is 16.3. The molecule has 0 saturated carbocycles. The number of allylic oxidation sites excluding steroid dienone is 2. The minimum Gasteiger partial charge on any atom is -0.433 e. The molecule has 2 saturated heterocycles. The Kier molecular flexibility index (Phi) is 3.51. The summed E-state index contributed by atoms with van der Waals surface area (Å²) in [6, 6.07) is 6.91. The third kappa shape index (κ3) is 2.74. The van der Waals surface area contributed by atoms with Gasteiger partial charge in [0.05, 0.1) is 0 Å². The normalized spacial score (nSPS) is 25.8. The van der Waals surface area contributed by atoms with Crippen LogP contribution in [0, 0.1) is 0 Å². The van der Waals surface area contributed by atoms with Crippen LogP contribution in [0.15, 0.2) is 47.4 Å². The number of hydrogen-bond acceptors (Lipinski definition) is 3. The van der Waals surface area contributed by atoms with Crippen molar-refractivity contribution >= 4 is 11.5 Å². The van der Waals surface area contributed by atoms with E-state index < -0.39 is 6.11 Å².